The molecule has 2 N–H and O–H groups in total. The highest BCUT2D eigenvalue weighted by Crippen LogP contribution is 2.32. The fourth-order valence-electron chi connectivity index (χ4n) is 3.16. The molecule has 23 heavy (non-hydrogen) atoms. The third kappa shape index (κ3) is 3.71. The highest BCUT2D eigenvalue weighted by Gasteiger charge is 2.35. The van der Waals surface area contributed by atoms with Gasteiger partial charge in [-0.25, -0.2) is 4.39 Å². The molecule has 122 valence electrons. The Hall–Kier alpha value is -1.91. The second kappa shape index (κ2) is 7.57. The van der Waals surface area contributed by atoms with E-state index in [0.717, 1.165) is 0 Å². The Labute approximate surface area is 141 Å². The maximum Gasteiger partial charge on any atom is 0.253 e. The van der Waals surface area contributed by atoms with E-state index < -0.39 is 0 Å². The number of halogens is 2. The fraction of sp³-hybridized carbons (Fsp3) is 0.278. The molecule has 0 radical (unpaired) electrons. The maximum atomic E-state index is 13.3. The van der Waals surface area contributed by atoms with Crippen LogP contribution >= 0.6 is 12.4 Å². The van der Waals surface area contributed by atoms with Gasteiger partial charge in [-0.05, 0) is 36.2 Å². The zero-order chi connectivity index (χ0) is 15.5. The molecule has 3 nitrogen and oxygen atoms in total. The standard InChI is InChI=1S/C18H19FN2O.ClH/c19-16-8-4-7-14(9-16)18(22)21-11-15(10-20)17(12-21)13-5-2-1-3-6-13;/h1-9,15,17H,10-12,20H2;1H/t15-,17+;/m1./s1. The average molecular weight is 335 g/mol. The van der Waals surface area contributed by atoms with Crippen LogP contribution in [0.3, 0.4) is 0 Å². The summed E-state index contributed by atoms with van der Waals surface area (Å²) < 4.78 is 13.3. The first-order valence-electron chi connectivity index (χ1n) is 7.49. The third-order valence-electron chi connectivity index (χ3n) is 4.33. The normalized spacial score (nSPS) is 20.2. The van der Waals surface area contributed by atoms with Crippen LogP contribution in [0.25, 0.3) is 0 Å². The first kappa shape index (κ1) is 17.4. The first-order valence-corrected chi connectivity index (χ1v) is 7.49. The van der Waals surface area contributed by atoms with Crippen LogP contribution in [-0.4, -0.2) is 30.4 Å². The lowest BCUT2D eigenvalue weighted by atomic mass is 9.89. The van der Waals surface area contributed by atoms with Crippen molar-refractivity contribution in [2.24, 2.45) is 11.7 Å². The molecule has 1 aliphatic heterocycles. The summed E-state index contributed by atoms with van der Waals surface area (Å²) in [4.78, 5) is 14.3. The van der Waals surface area contributed by atoms with Crippen molar-refractivity contribution < 1.29 is 9.18 Å². The van der Waals surface area contributed by atoms with Crippen molar-refractivity contribution >= 4 is 18.3 Å². The molecule has 1 heterocycles. The lowest BCUT2D eigenvalue weighted by Gasteiger charge is -2.17. The number of nitrogens with two attached hydrogens (primary N) is 1. The topological polar surface area (TPSA) is 46.3 Å². The van der Waals surface area contributed by atoms with Crippen molar-refractivity contribution in [1.82, 2.24) is 4.90 Å². The molecular weight excluding hydrogens is 315 g/mol. The quantitative estimate of drug-likeness (QED) is 0.937. The van der Waals surface area contributed by atoms with Crippen molar-refractivity contribution in [2.75, 3.05) is 19.6 Å². The van der Waals surface area contributed by atoms with Crippen LogP contribution in [0.2, 0.25) is 0 Å². The molecule has 1 saturated heterocycles. The molecule has 5 heteroatoms. The Kier molecular flexibility index (Phi) is 5.74. The number of hydrogen-bond donors (Lipinski definition) is 1. The zero-order valence-electron chi connectivity index (χ0n) is 12.7. The van der Waals surface area contributed by atoms with Gasteiger partial charge in [-0.15, -0.1) is 12.4 Å². The van der Waals surface area contributed by atoms with E-state index >= 15 is 0 Å². The number of carbonyl (C=O) groups is 1. The predicted octanol–water partition coefficient (Wildman–Crippen LogP) is 3.06. The van der Waals surface area contributed by atoms with Crippen molar-refractivity contribution in [3.05, 3.63) is 71.5 Å². The van der Waals surface area contributed by atoms with Crippen molar-refractivity contribution in [2.45, 2.75) is 5.92 Å². The summed E-state index contributed by atoms with van der Waals surface area (Å²) in [6.45, 7) is 1.78. The largest absolute Gasteiger partial charge is 0.338 e. The number of hydrogen-bond acceptors (Lipinski definition) is 2. The van der Waals surface area contributed by atoms with E-state index in [4.69, 9.17) is 5.73 Å². The van der Waals surface area contributed by atoms with Crippen LogP contribution in [0.1, 0.15) is 21.8 Å². The minimum atomic E-state index is -0.389. The lowest BCUT2D eigenvalue weighted by molar-refractivity contribution is 0.0786. The molecule has 3 rings (SSSR count). The molecular formula is C18H20ClFN2O. The summed E-state index contributed by atoms with van der Waals surface area (Å²) >= 11 is 0. The van der Waals surface area contributed by atoms with E-state index in [1.165, 1.54) is 17.7 Å². The Balaban J connectivity index is 0.00000192. The molecule has 2 atom stereocenters. The van der Waals surface area contributed by atoms with Crippen LogP contribution in [0, 0.1) is 11.7 Å². The Morgan fingerprint density at radius 2 is 1.87 bits per heavy atom. The SMILES string of the molecule is Cl.NC[C@@H]1CN(C(=O)c2cccc(F)c2)C[C@H]1c1ccccc1. The van der Waals surface area contributed by atoms with Crippen LogP contribution in [0.4, 0.5) is 4.39 Å². The molecule has 0 aliphatic carbocycles. The van der Waals surface area contributed by atoms with Gasteiger partial charge in [0.25, 0.3) is 5.91 Å². The number of rotatable bonds is 3. The van der Waals surface area contributed by atoms with E-state index in [1.54, 1.807) is 17.0 Å². The lowest BCUT2D eigenvalue weighted by Crippen LogP contribution is -2.29. The molecule has 1 amide bonds. The van der Waals surface area contributed by atoms with Gasteiger partial charge in [0.2, 0.25) is 0 Å². The van der Waals surface area contributed by atoms with E-state index in [0.29, 0.717) is 25.2 Å². The summed E-state index contributed by atoms with van der Waals surface area (Å²) in [5.41, 5.74) is 7.48. The summed E-state index contributed by atoms with van der Waals surface area (Å²) in [6, 6.07) is 16.0. The summed E-state index contributed by atoms with van der Waals surface area (Å²) in [7, 11) is 0. The average Bonchev–Trinajstić information content (AvgIpc) is 2.99. The van der Waals surface area contributed by atoms with E-state index in [2.05, 4.69) is 12.1 Å². The van der Waals surface area contributed by atoms with Gasteiger partial charge in [-0.2, -0.15) is 0 Å². The van der Waals surface area contributed by atoms with Crippen LogP contribution in [0.15, 0.2) is 54.6 Å². The smallest absolute Gasteiger partial charge is 0.253 e. The highest BCUT2D eigenvalue weighted by molar-refractivity contribution is 5.94. The minimum absolute atomic E-state index is 0. The first-order chi connectivity index (χ1) is 10.7. The van der Waals surface area contributed by atoms with Crippen LogP contribution in [-0.2, 0) is 0 Å². The molecule has 2 aromatic carbocycles. The number of likely N-dealkylation sites (tertiary alicyclic amines) is 1. The molecule has 1 fully saturated rings. The molecule has 0 bridgehead atoms. The van der Waals surface area contributed by atoms with Crippen molar-refractivity contribution in [3.63, 3.8) is 0 Å². The third-order valence-corrected chi connectivity index (χ3v) is 4.33. The maximum absolute atomic E-state index is 13.3. The Bertz CT molecular complexity index is 665. The Morgan fingerprint density at radius 1 is 1.13 bits per heavy atom. The van der Waals surface area contributed by atoms with Gasteiger partial charge in [0, 0.05) is 24.6 Å². The predicted molar refractivity (Wildman–Crippen MR) is 91.3 cm³/mol. The van der Waals surface area contributed by atoms with E-state index in [9.17, 15) is 9.18 Å². The van der Waals surface area contributed by atoms with Crippen LogP contribution in [0.5, 0.6) is 0 Å². The second-order valence-corrected chi connectivity index (χ2v) is 5.73. The van der Waals surface area contributed by atoms with E-state index in [-0.39, 0.29) is 36.0 Å². The molecule has 0 unspecified atom stereocenters. The summed E-state index contributed by atoms with van der Waals surface area (Å²) in [5, 5.41) is 0. The number of nitrogens with zero attached hydrogens (tertiary/aromatic N) is 1. The van der Waals surface area contributed by atoms with Crippen molar-refractivity contribution in [3.8, 4) is 0 Å². The fourth-order valence-corrected chi connectivity index (χ4v) is 3.16. The van der Waals surface area contributed by atoms with Gasteiger partial charge in [-0.3, -0.25) is 4.79 Å². The molecule has 0 aromatic heterocycles. The number of amides is 1. The van der Waals surface area contributed by atoms with Gasteiger partial charge in [0.15, 0.2) is 0 Å². The van der Waals surface area contributed by atoms with Gasteiger partial charge >= 0.3 is 0 Å². The van der Waals surface area contributed by atoms with Gasteiger partial charge in [0.05, 0.1) is 0 Å². The molecule has 1 aliphatic rings. The molecule has 0 spiro atoms. The summed E-state index contributed by atoms with van der Waals surface area (Å²) in [6.07, 6.45) is 0. The molecule has 2 aromatic rings. The highest BCUT2D eigenvalue weighted by atomic mass is 35.5. The van der Waals surface area contributed by atoms with Gasteiger partial charge in [0.1, 0.15) is 5.82 Å². The monoisotopic (exact) mass is 334 g/mol. The van der Waals surface area contributed by atoms with Crippen LogP contribution < -0.4 is 5.73 Å². The van der Waals surface area contributed by atoms with Crippen molar-refractivity contribution in [1.29, 1.82) is 0 Å². The number of benzene rings is 2. The van der Waals surface area contributed by atoms with Gasteiger partial charge < -0.3 is 10.6 Å². The second-order valence-electron chi connectivity index (χ2n) is 5.73. The Morgan fingerprint density at radius 3 is 2.52 bits per heavy atom. The van der Waals surface area contributed by atoms with E-state index in [1.807, 2.05) is 18.2 Å². The molecule has 0 saturated carbocycles. The summed E-state index contributed by atoms with van der Waals surface area (Å²) in [5.74, 6) is -0.0416. The zero-order valence-corrected chi connectivity index (χ0v) is 13.5. The number of carbonyl (C=O) groups excluding carboxylic acids is 1. The van der Waals surface area contributed by atoms with Gasteiger partial charge in [-0.1, -0.05) is 36.4 Å². The minimum Gasteiger partial charge on any atom is -0.338 e.